The van der Waals surface area contributed by atoms with Gasteiger partial charge in [-0.05, 0) is 36.9 Å². The molecule has 2 heterocycles. The highest BCUT2D eigenvalue weighted by molar-refractivity contribution is 5.17. The molecular formula is C13H19FN2. The van der Waals surface area contributed by atoms with Crippen molar-refractivity contribution in [3.8, 4) is 0 Å². The maximum absolute atomic E-state index is 13.1. The molecule has 16 heavy (non-hydrogen) atoms. The smallest absolute Gasteiger partial charge is 0.141 e. The zero-order valence-electron chi connectivity index (χ0n) is 9.75. The fraction of sp³-hybridized carbons (Fsp3) is 0.615. The molecule has 1 N–H and O–H groups in total. The molecule has 0 amide bonds. The number of halogens is 1. The van der Waals surface area contributed by atoms with Crippen LogP contribution in [-0.4, -0.2) is 17.6 Å². The topological polar surface area (TPSA) is 24.9 Å². The minimum absolute atomic E-state index is 0.238. The zero-order valence-corrected chi connectivity index (χ0v) is 9.75. The molecule has 0 aromatic carbocycles. The van der Waals surface area contributed by atoms with Gasteiger partial charge in [-0.2, -0.15) is 0 Å². The predicted molar refractivity (Wildman–Crippen MR) is 62.9 cm³/mol. The Balaban J connectivity index is 2.07. The molecule has 1 aliphatic heterocycles. The van der Waals surface area contributed by atoms with Crippen LogP contribution in [0.2, 0.25) is 0 Å². The van der Waals surface area contributed by atoms with E-state index in [-0.39, 0.29) is 5.82 Å². The molecule has 0 saturated carbocycles. The lowest BCUT2D eigenvalue weighted by Crippen LogP contribution is -2.33. The average molecular weight is 222 g/mol. The van der Waals surface area contributed by atoms with Crippen molar-refractivity contribution in [2.45, 2.75) is 44.6 Å². The van der Waals surface area contributed by atoms with Crippen molar-refractivity contribution in [1.29, 1.82) is 0 Å². The van der Waals surface area contributed by atoms with E-state index in [1.165, 1.54) is 31.9 Å². The molecule has 0 aliphatic carbocycles. The van der Waals surface area contributed by atoms with Crippen LogP contribution in [0.4, 0.5) is 4.39 Å². The third kappa shape index (κ3) is 2.79. The van der Waals surface area contributed by atoms with Gasteiger partial charge >= 0.3 is 0 Å². The lowest BCUT2D eigenvalue weighted by Gasteiger charge is -2.23. The summed E-state index contributed by atoms with van der Waals surface area (Å²) in [7, 11) is 0. The van der Waals surface area contributed by atoms with Crippen LogP contribution >= 0.6 is 0 Å². The molecule has 1 aliphatic rings. The van der Waals surface area contributed by atoms with Gasteiger partial charge in [0.05, 0.1) is 6.20 Å². The Morgan fingerprint density at radius 2 is 2.25 bits per heavy atom. The van der Waals surface area contributed by atoms with Crippen LogP contribution in [0.25, 0.3) is 0 Å². The minimum Gasteiger partial charge on any atom is -0.313 e. The highest BCUT2D eigenvalue weighted by Crippen LogP contribution is 2.24. The minimum atomic E-state index is -0.238. The van der Waals surface area contributed by atoms with Crippen molar-refractivity contribution in [2.24, 2.45) is 0 Å². The third-order valence-corrected chi connectivity index (χ3v) is 3.45. The molecule has 1 fully saturated rings. The Labute approximate surface area is 96.3 Å². The van der Waals surface area contributed by atoms with E-state index in [4.69, 9.17) is 0 Å². The van der Waals surface area contributed by atoms with Gasteiger partial charge in [-0.25, -0.2) is 4.39 Å². The average Bonchev–Trinajstić information content (AvgIpc) is 2.56. The number of nitrogens with one attached hydrogen (secondary N) is 1. The van der Waals surface area contributed by atoms with E-state index in [0.29, 0.717) is 12.0 Å². The molecule has 1 aromatic rings. The number of hydrogen-bond donors (Lipinski definition) is 1. The summed E-state index contributed by atoms with van der Waals surface area (Å²) in [5, 5.41) is 3.55. The van der Waals surface area contributed by atoms with E-state index in [9.17, 15) is 4.39 Å². The molecule has 1 aromatic heterocycles. The van der Waals surface area contributed by atoms with Gasteiger partial charge in [0, 0.05) is 12.2 Å². The SMILES string of the molecule is CC(c1cncc(F)c1)C1CCCCCN1. The van der Waals surface area contributed by atoms with Gasteiger partial charge in [0.25, 0.3) is 0 Å². The Hall–Kier alpha value is -0.960. The first-order valence-corrected chi connectivity index (χ1v) is 6.11. The normalized spacial score (nSPS) is 23.8. The molecule has 2 nitrogen and oxygen atoms in total. The Kier molecular flexibility index (Phi) is 3.88. The number of rotatable bonds is 2. The van der Waals surface area contributed by atoms with E-state index < -0.39 is 0 Å². The highest BCUT2D eigenvalue weighted by Gasteiger charge is 2.20. The van der Waals surface area contributed by atoms with E-state index in [1.54, 1.807) is 12.3 Å². The van der Waals surface area contributed by atoms with Crippen LogP contribution in [0, 0.1) is 5.82 Å². The van der Waals surface area contributed by atoms with Gasteiger partial charge < -0.3 is 5.32 Å². The molecule has 0 radical (unpaired) electrons. The Morgan fingerprint density at radius 3 is 3.06 bits per heavy atom. The standard InChI is InChI=1S/C13H19FN2/c1-10(11-7-12(14)9-15-8-11)13-5-3-2-4-6-16-13/h7-10,13,16H,2-6H2,1H3. The van der Waals surface area contributed by atoms with Gasteiger partial charge in [-0.15, -0.1) is 0 Å². The number of aromatic nitrogens is 1. The first-order chi connectivity index (χ1) is 7.77. The van der Waals surface area contributed by atoms with Gasteiger partial charge in [-0.3, -0.25) is 4.98 Å². The van der Waals surface area contributed by atoms with Crippen molar-refractivity contribution in [2.75, 3.05) is 6.54 Å². The molecule has 2 atom stereocenters. The first-order valence-electron chi connectivity index (χ1n) is 6.11. The van der Waals surface area contributed by atoms with Crippen molar-refractivity contribution >= 4 is 0 Å². The molecule has 88 valence electrons. The fourth-order valence-electron chi connectivity index (χ4n) is 2.39. The van der Waals surface area contributed by atoms with E-state index in [0.717, 1.165) is 12.1 Å². The number of nitrogens with zero attached hydrogens (tertiary/aromatic N) is 1. The molecule has 2 unspecified atom stereocenters. The number of hydrogen-bond acceptors (Lipinski definition) is 2. The molecule has 0 bridgehead atoms. The van der Waals surface area contributed by atoms with Gasteiger partial charge in [0.1, 0.15) is 5.82 Å². The summed E-state index contributed by atoms with van der Waals surface area (Å²) in [6.07, 6.45) is 8.04. The maximum Gasteiger partial charge on any atom is 0.141 e. The Bertz CT molecular complexity index is 332. The van der Waals surface area contributed by atoms with Crippen LogP contribution in [0.5, 0.6) is 0 Å². The maximum atomic E-state index is 13.1. The molecule has 2 rings (SSSR count). The van der Waals surface area contributed by atoms with Gasteiger partial charge in [-0.1, -0.05) is 19.8 Å². The Morgan fingerprint density at radius 1 is 1.38 bits per heavy atom. The van der Waals surface area contributed by atoms with Crippen LogP contribution in [0.3, 0.4) is 0 Å². The summed E-state index contributed by atoms with van der Waals surface area (Å²) in [5.41, 5.74) is 0.999. The van der Waals surface area contributed by atoms with Gasteiger partial charge in [0.2, 0.25) is 0 Å². The lowest BCUT2D eigenvalue weighted by atomic mass is 9.91. The largest absolute Gasteiger partial charge is 0.313 e. The quantitative estimate of drug-likeness (QED) is 0.832. The third-order valence-electron chi connectivity index (χ3n) is 3.45. The second kappa shape index (κ2) is 5.39. The summed E-state index contributed by atoms with van der Waals surface area (Å²) >= 11 is 0. The molecule has 0 spiro atoms. The predicted octanol–water partition coefficient (Wildman–Crippen LogP) is 2.86. The summed E-state index contributed by atoms with van der Waals surface area (Å²) in [6, 6.07) is 2.07. The second-order valence-corrected chi connectivity index (χ2v) is 4.64. The summed E-state index contributed by atoms with van der Waals surface area (Å²) in [4.78, 5) is 3.92. The van der Waals surface area contributed by atoms with Crippen molar-refractivity contribution in [3.05, 3.63) is 29.8 Å². The van der Waals surface area contributed by atoms with Crippen LogP contribution in [0.15, 0.2) is 18.5 Å². The lowest BCUT2D eigenvalue weighted by molar-refractivity contribution is 0.443. The van der Waals surface area contributed by atoms with Crippen molar-refractivity contribution in [3.63, 3.8) is 0 Å². The monoisotopic (exact) mass is 222 g/mol. The molecule has 3 heteroatoms. The molecular weight excluding hydrogens is 203 g/mol. The van der Waals surface area contributed by atoms with E-state index >= 15 is 0 Å². The first kappa shape index (κ1) is 11.5. The van der Waals surface area contributed by atoms with Crippen LogP contribution in [0.1, 0.15) is 44.1 Å². The zero-order chi connectivity index (χ0) is 11.4. The summed E-state index contributed by atoms with van der Waals surface area (Å²) in [6.45, 7) is 3.23. The van der Waals surface area contributed by atoms with Crippen molar-refractivity contribution in [1.82, 2.24) is 10.3 Å². The fourth-order valence-corrected chi connectivity index (χ4v) is 2.39. The van der Waals surface area contributed by atoms with Gasteiger partial charge in [0.15, 0.2) is 0 Å². The van der Waals surface area contributed by atoms with Crippen molar-refractivity contribution < 1.29 is 4.39 Å². The number of pyridine rings is 1. The highest BCUT2D eigenvalue weighted by atomic mass is 19.1. The van der Waals surface area contributed by atoms with E-state index in [2.05, 4.69) is 17.2 Å². The second-order valence-electron chi connectivity index (χ2n) is 4.64. The van der Waals surface area contributed by atoms with Crippen LogP contribution < -0.4 is 5.32 Å². The summed E-state index contributed by atoms with van der Waals surface area (Å²) < 4.78 is 13.1. The summed E-state index contributed by atoms with van der Waals surface area (Å²) in [5.74, 6) is 0.0965. The van der Waals surface area contributed by atoms with Crippen LogP contribution in [-0.2, 0) is 0 Å². The molecule has 1 saturated heterocycles. The van der Waals surface area contributed by atoms with E-state index in [1.807, 2.05) is 0 Å².